The Morgan fingerprint density at radius 1 is 1.58 bits per heavy atom. The van der Waals surface area contributed by atoms with Crippen LogP contribution in [0.4, 0.5) is 0 Å². The van der Waals surface area contributed by atoms with Crippen molar-refractivity contribution in [3.8, 4) is 0 Å². The SMILES string of the molecule is C=CC[C@]1(CCC)CCCNC1. The lowest BCUT2D eigenvalue weighted by Gasteiger charge is -2.37. The molecule has 1 rings (SSSR count). The molecule has 1 aliphatic rings. The lowest BCUT2D eigenvalue weighted by molar-refractivity contribution is 0.192. The van der Waals surface area contributed by atoms with Crippen LogP contribution >= 0.6 is 0 Å². The molecule has 0 bridgehead atoms. The van der Waals surface area contributed by atoms with Crippen LogP contribution in [0, 0.1) is 5.41 Å². The lowest BCUT2D eigenvalue weighted by Crippen LogP contribution is -2.39. The number of allylic oxidation sites excluding steroid dienone is 1. The molecule has 0 aliphatic carbocycles. The summed E-state index contributed by atoms with van der Waals surface area (Å²) in [6.07, 6.45) is 8.66. The van der Waals surface area contributed by atoms with Crippen molar-refractivity contribution in [2.45, 2.75) is 39.0 Å². The van der Waals surface area contributed by atoms with E-state index >= 15 is 0 Å². The van der Waals surface area contributed by atoms with Gasteiger partial charge in [-0.05, 0) is 37.6 Å². The van der Waals surface area contributed by atoms with Gasteiger partial charge in [-0.1, -0.05) is 19.4 Å². The summed E-state index contributed by atoms with van der Waals surface area (Å²) in [6.45, 7) is 8.54. The molecule has 0 spiro atoms. The first-order valence-electron chi connectivity index (χ1n) is 5.14. The Kier molecular flexibility index (Phi) is 3.80. The van der Waals surface area contributed by atoms with E-state index < -0.39 is 0 Å². The maximum absolute atomic E-state index is 3.85. The maximum Gasteiger partial charge on any atom is 0.00108 e. The van der Waals surface area contributed by atoms with Crippen molar-refractivity contribution < 1.29 is 0 Å². The first-order valence-corrected chi connectivity index (χ1v) is 5.14. The summed E-state index contributed by atoms with van der Waals surface area (Å²) in [5.41, 5.74) is 0.550. The van der Waals surface area contributed by atoms with E-state index in [0.717, 1.165) is 0 Å². The molecule has 12 heavy (non-hydrogen) atoms. The molecule has 0 aromatic rings. The molecule has 0 aromatic heterocycles. The zero-order valence-corrected chi connectivity index (χ0v) is 8.23. The van der Waals surface area contributed by atoms with E-state index in [0.29, 0.717) is 5.41 Å². The van der Waals surface area contributed by atoms with Crippen molar-refractivity contribution in [2.24, 2.45) is 5.41 Å². The minimum Gasteiger partial charge on any atom is -0.316 e. The van der Waals surface area contributed by atoms with Gasteiger partial charge in [0.2, 0.25) is 0 Å². The van der Waals surface area contributed by atoms with Crippen molar-refractivity contribution >= 4 is 0 Å². The van der Waals surface area contributed by atoms with E-state index in [1.165, 1.54) is 45.2 Å². The largest absolute Gasteiger partial charge is 0.316 e. The van der Waals surface area contributed by atoms with Crippen LogP contribution in [0.25, 0.3) is 0 Å². The van der Waals surface area contributed by atoms with E-state index in [1.807, 2.05) is 0 Å². The predicted octanol–water partition coefficient (Wildman–Crippen LogP) is 2.73. The molecule has 1 fully saturated rings. The molecule has 1 heteroatoms. The Bertz CT molecular complexity index is 128. The molecule has 1 N–H and O–H groups in total. The number of rotatable bonds is 4. The van der Waals surface area contributed by atoms with Crippen LogP contribution in [-0.2, 0) is 0 Å². The Morgan fingerprint density at radius 2 is 2.42 bits per heavy atom. The van der Waals surface area contributed by atoms with Gasteiger partial charge in [-0.3, -0.25) is 0 Å². The van der Waals surface area contributed by atoms with E-state index in [9.17, 15) is 0 Å². The first-order chi connectivity index (χ1) is 5.83. The fraction of sp³-hybridized carbons (Fsp3) is 0.818. The maximum atomic E-state index is 3.85. The third kappa shape index (κ3) is 2.34. The molecule has 1 saturated heterocycles. The normalized spacial score (nSPS) is 30.1. The average molecular weight is 167 g/mol. The summed E-state index contributed by atoms with van der Waals surface area (Å²) >= 11 is 0. The van der Waals surface area contributed by atoms with Gasteiger partial charge in [0.1, 0.15) is 0 Å². The summed E-state index contributed by atoms with van der Waals surface area (Å²) in [6, 6.07) is 0. The molecular formula is C11H21N. The first kappa shape index (κ1) is 9.79. The second-order valence-corrected chi connectivity index (χ2v) is 4.02. The number of hydrogen-bond acceptors (Lipinski definition) is 1. The minimum absolute atomic E-state index is 0.550. The van der Waals surface area contributed by atoms with Gasteiger partial charge >= 0.3 is 0 Å². The summed E-state index contributed by atoms with van der Waals surface area (Å²) in [5.74, 6) is 0. The van der Waals surface area contributed by atoms with Crippen LogP contribution in [0.5, 0.6) is 0 Å². The second kappa shape index (κ2) is 4.66. The van der Waals surface area contributed by atoms with Gasteiger partial charge in [-0.2, -0.15) is 0 Å². The Hall–Kier alpha value is -0.300. The fourth-order valence-electron chi connectivity index (χ4n) is 2.36. The van der Waals surface area contributed by atoms with Crippen LogP contribution in [0.2, 0.25) is 0 Å². The average Bonchev–Trinajstić information content (AvgIpc) is 2.07. The van der Waals surface area contributed by atoms with Crippen LogP contribution in [0.1, 0.15) is 39.0 Å². The van der Waals surface area contributed by atoms with Crippen LogP contribution in [0.15, 0.2) is 12.7 Å². The number of hydrogen-bond donors (Lipinski definition) is 1. The van der Waals surface area contributed by atoms with Crippen molar-refractivity contribution in [2.75, 3.05) is 13.1 Å². The zero-order chi connectivity index (χ0) is 8.86. The van der Waals surface area contributed by atoms with Crippen LogP contribution < -0.4 is 5.32 Å². The van der Waals surface area contributed by atoms with Crippen LogP contribution in [-0.4, -0.2) is 13.1 Å². The van der Waals surface area contributed by atoms with E-state index in [1.54, 1.807) is 0 Å². The lowest BCUT2D eigenvalue weighted by atomic mass is 9.74. The summed E-state index contributed by atoms with van der Waals surface area (Å²) in [7, 11) is 0. The Morgan fingerprint density at radius 3 is 2.92 bits per heavy atom. The molecule has 1 atom stereocenters. The summed E-state index contributed by atoms with van der Waals surface area (Å²) < 4.78 is 0. The van der Waals surface area contributed by atoms with Crippen molar-refractivity contribution in [3.05, 3.63) is 12.7 Å². The number of piperidine rings is 1. The smallest absolute Gasteiger partial charge is 0.00108 e. The molecule has 0 unspecified atom stereocenters. The van der Waals surface area contributed by atoms with Crippen molar-refractivity contribution in [1.29, 1.82) is 0 Å². The summed E-state index contributed by atoms with van der Waals surface area (Å²) in [4.78, 5) is 0. The standard InChI is InChI=1S/C11H21N/c1-3-6-11(7-4-2)8-5-9-12-10-11/h3,12H,1,4-10H2,2H3/t11-/m0/s1. The van der Waals surface area contributed by atoms with Crippen LogP contribution in [0.3, 0.4) is 0 Å². The highest BCUT2D eigenvalue weighted by Crippen LogP contribution is 2.35. The highest BCUT2D eigenvalue weighted by atomic mass is 14.9. The molecule has 0 aromatic carbocycles. The van der Waals surface area contributed by atoms with Crippen molar-refractivity contribution in [3.63, 3.8) is 0 Å². The topological polar surface area (TPSA) is 12.0 Å². The minimum atomic E-state index is 0.550. The molecule has 1 heterocycles. The summed E-state index contributed by atoms with van der Waals surface area (Å²) in [5, 5.41) is 3.50. The van der Waals surface area contributed by atoms with Gasteiger partial charge in [-0.15, -0.1) is 6.58 Å². The quantitative estimate of drug-likeness (QED) is 0.635. The Balaban J connectivity index is 2.49. The third-order valence-electron chi connectivity index (χ3n) is 2.92. The molecule has 0 radical (unpaired) electrons. The molecular weight excluding hydrogens is 146 g/mol. The van der Waals surface area contributed by atoms with Gasteiger partial charge in [-0.25, -0.2) is 0 Å². The van der Waals surface area contributed by atoms with E-state index in [-0.39, 0.29) is 0 Å². The van der Waals surface area contributed by atoms with Gasteiger partial charge in [0.05, 0.1) is 0 Å². The molecule has 1 nitrogen and oxygen atoms in total. The van der Waals surface area contributed by atoms with Gasteiger partial charge in [0.25, 0.3) is 0 Å². The van der Waals surface area contributed by atoms with Gasteiger partial charge in [0, 0.05) is 6.54 Å². The molecule has 1 aliphatic heterocycles. The monoisotopic (exact) mass is 167 g/mol. The Labute approximate surface area is 76.2 Å². The highest BCUT2D eigenvalue weighted by Gasteiger charge is 2.29. The van der Waals surface area contributed by atoms with Crippen molar-refractivity contribution in [1.82, 2.24) is 5.32 Å². The second-order valence-electron chi connectivity index (χ2n) is 4.02. The van der Waals surface area contributed by atoms with E-state index in [4.69, 9.17) is 0 Å². The fourth-order valence-corrected chi connectivity index (χ4v) is 2.36. The molecule has 0 amide bonds. The predicted molar refractivity (Wildman–Crippen MR) is 54.3 cm³/mol. The number of nitrogens with one attached hydrogen (secondary N) is 1. The third-order valence-corrected chi connectivity index (χ3v) is 2.92. The molecule has 0 saturated carbocycles. The van der Waals surface area contributed by atoms with Gasteiger partial charge < -0.3 is 5.32 Å². The zero-order valence-electron chi connectivity index (χ0n) is 8.23. The van der Waals surface area contributed by atoms with Gasteiger partial charge in [0.15, 0.2) is 0 Å². The van der Waals surface area contributed by atoms with E-state index in [2.05, 4.69) is 24.9 Å². The highest BCUT2D eigenvalue weighted by molar-refractivity contribution is 4.90. The molecule has 70 valence electrons.